The van der Waals surface area contributed by atoms with Crippen LogP contribution in [0.1, 0.15) is 5.56 Å². The number of nitrogens with two attached hydrogens (primary N) is 1. The lowest BCUT2D eigenvalue weighted by Gasteiger charge is -2.02. The van der Waals surface area contributed by atoms with Gasteiger partial charge in [0.25, 0.3) is 0 Å². The van der Waals surface area contributed by atoms with Crippen molar-refractivity contribution in [3.05, 3.63) is 29.8 Å². The Balaban J connectivity index is 2.05. The fourth-order valence-electron chi connectivity index (χ4n) is 1.29. The Morgan fingerprint density at radius 3 is 2.56 bits per heavy atom. The molecule has 2 rings (SSSR count). The molecule has 84 valence electrons. The smallest absolute Gasteiger partial charge is 0.321 e. The van der Waals surface area contributed by atoms with Crippen LogP contribution >= 0.6 is 0 Å². The summed E-state index contributed by atoms with van der Waals surface area (Å²) in [6, 6.07) is 7.85. The lowest BCUT2D eigenvalue weighted by molar-refractivity contribution is 0.299. The summed E-state index contributed by atoms with van der Waals surface area (Å²) in [4.78, 5) is 0. The zero-order valence-corrected chi connectivity index (χ0v) is 8.55. The Labute approximate surface area is 92.1 Å². The number of benzene rings is 1. The van der Waals surface area contributed by atoms with Gasteiger partial charge in [-0.25, -0.2) is 0 Å². The van der Waals surface area contributed by atoms with Crippen molar-refractivity contribution in [2.45, 2.75) is 6.42 Å². The number of nitrogens with zero attached hydrogens (tertiary/aromatic N) is 2. The molecule has 6 nitrogen and oxygen atoms in total. The third-order valence-electron chi connectivity index (χ3n) is 2.05. The van der Waals surface area contributed by atoms with Crippen LogP contribution in [0, 0.1) is 0 Å². The van der Waals surface area contributed by atoms with Crippen molar-refractivity contribution in [2.24, 2.45) is 0 Å². The summed E-state index contributed by atoms with van der Waals surface area (Å²) in [5, 5.41) is 18.9. The third kappa shape index (κ3) is 2.48. The van der Waals surface area contributed by atoms with Gasteiger partial charge in [-0.2, -0.15) is 0 Å². The number of hydrogen-bond donors (Lipinski definition) is 3. The summed E-state index contributed by atoms with van der Waals surface area (Å²) >= 11 is 0. The standard InChI is InChI=1S/C10H12N4O2/c11-9-13-14-10(16-9)12-8-3-1-7(2-4-8)5-6-15/h1-4,15H,5-6H2,(H2,11,13)(H,12,14). The monoisotopic (exact) mass is 220 g/mol. The maximum Gasteiger partial charge on any atom is 0.321 e. The number of anilines is 3. The van der Waals surface area contributed by atoms with Gasteiger partial charge in [-0.3, -0.25) is 0 Å². The van der Waals surface area contributed by atoms with Crippen LogP contribution in [0.2, 0.25) is 0 Å². The predicted molar refractivity (Wildman–Crippen MR) is 59.2 cm³/mol. The fourth-order valence-corrected chi connectivity index (χ4v) is 1.29. The van der Waals surface area contributed by atoms with Crippen molar-refractivity contribution >= 4 is 17.7 Å². The first kappa shape index (κ1) is 10.4. The Morgan fingerprint density at radius 1 is 1.25 bits per heavy atom. The summed E-state index contributed by atoms with van der Waals surface area (Å²) in [5.41, 5.74) is 7.18. The number of hydrogen-bond acceptors (Lipinski definition) is 6. The van der Waals surface area contributed by atoms with E-state index in [0.29, 0.717) is 6.42 Å². The van der Waals surface area contributed by atoms with Gasteiger partial charge in [-0.15, -0.1) is 0 Å². The Bertz CT molecular complexity index is 452. The normalized spacial score (nSPS) is 10.3. The second kappa shape index (κ2) is 4.63. The SMILES string of the molecule is Nc1nnc(Nc2ccc(CCO)cc2)o1. The molecule has 1 aromatic heterocycles. The molecule has 0 aliphatic rings. The Kier molecular flexibility index (Phi) is 3.02. The number of aromatic nitrogens is 2. The van der Waals surface area contributed by atoms with Crippen LogP contribution in [0.25, 0.3) is 0 Å². The molecule has 2 aromatic rings. The highest BCUT2D eigenvalue weighted by Gasteiger charge is 2.02. The number of aliphatic hydroxyl groups excluding tert-OH is 1. The second-order valence-electron chi connectivity index (χ2n) is 3.24. The van der Waals surface area contributed by atoms with Gasteiger partial charge >= 0.3 is 12.0 Å². The lowest BCUT2D eigenvalue weighted by Crippen LogP contribution is -1.93. The van der Waals surface area contributed by atoms with E-state index in [-0.39, 0.29) is 18.6 Å². The molecular formula is C10H12N4O2. The molecule has 0 saturated carbocycles. The van der Waals surface area contributed by atoms with Gasteiger partial charge in [-0.05, 0) is 24.1 Å². The van der Waals surface area contributed by atoms with E-state index in [0.717, 1.165) is 11.3 Å². The van der Waals surface area contributed by atoms with Crippen LogP contribution in [0.15, 0.2) is 28.7 Å². The van der Waals surface area contributed by atoms with E-state index in [1.807, 2.05) is 24.3 Å². The number of aliphatic hydroxyl groups is 1. The zero-order valence-electron chi connectivity index (χ0n) is 8.55. The topological polar surface area (TPSA) is 97.2 Å². The molecule has 0 atom stereocenters. The fraction of sp³-hybridized carbons (Fsp3) is 0.200. The average Bonchev–Trinajstić information content (AvgIpc) is 2.67. The van der Waals surface area contributed by atoms with E-state index in [4.69, 9.17) is 15.3 Å². The van der Waals surface area contributed by atoms with Crippen molar-refractivity contribution in [2.75, 3.05) is 17.7 Å². The molecule has 0 amide bonds. The summed E-state index contributed by atoms with van der Waals surface area (Å²) in [6.45, 7) is 0.146. The number of rotatable bonds is 4. The molecule has 6 heteroatoms. The third-order valence-corrected chi connectivity index (χ3v) is 2.05. The Hall–Kier alpha value is -2.08. The summed E-state index contributed by atoms with van der Waals surface area (Å²) in [7, 11) is 0. The molecule has 0 spiro atoms. The molecule has 0 unspecified atom stereocenters. The molecular weight excluding hydrogens is 208 g/mol. The van der Waals surface area contributed by atoms with Crippen molar-refractivity contribution in [1.29, 1.82) is 0 Å². The molecule has 0 fully saturated rings. The van der Waals surface area contributed by atoms with E-state index >= 15 is 0 Å². The van der Waals surface area contributed by atoms with E-state index < -0.39 is 0 Å². The van der Waals surface area contributed by atoms with Gasteiger partial charge in [0.05, 0.1) is 0 Å². The summed E-state index contributed by atoms with van der Waals surface area (Å²) in [6.07, 6.45) is 0.647. The van der Waals surface area contributed by atoms with Gasteiger partial charge in [0.15, 0.2) is 0 Å². The van der Waals surface area contributed by atoms with Crippen molar-refractivity contribution in [3.8, 4) is 0 Å². The largest absolute Gasteiger partial charge is 0.396 e. The molecule has 16 heavy (non-hydrogen) atoms. The first-order valence-electron chi connectivity index (χ1n) is 4.84. The molecule has 4 N–H and O–H groups in total. The predicted octanol–water partition coefficient (Wildman–Crippen LogP) is 0.930. The van der Waals surface area contributed by atoms with Crippen molar-refractivity contribution in [1.82, 2.24) is 10.2 Å². The van der Waals surface area contributed by atoms with Crippen LogP contribution in [0.3, 0.4) is 0 Å². The highest BCUT2D eigenvalue weighted by Crippen LogP contribution is 2.16. The lowest BCUT2D eigenvalue weighted by atomic mass is 10.1. The van der Waals surface area contributed by atoms with Gasteiger partial charge in [0, 0.05) is 12.3 Å². The van der Waals surface area contributed by atoms with Gasteiger partial charge < -0.3 is 20.6 Å². The first-order chi connectivity index (χ1) is 7.78. The Morgan fingerprint density at radius 2 is 2.00 bits per heavy atom. The maximum atomic E-state index is 8.76. The van der Waals surface area contributed by atoms with E-state index in [9.17, 15) is 0 Å². The average molecular weight is 220 g/mol. The first-order valence-corrected chi connectivity index (χ1v) is 4.84. The number of nitrogens with one attached hydrogen (secondary N) is 1. The minimum atomic E-state index is 0.0272. The van der Waals surface area contributed by atoms with Crippen molar-refractivity contribution < 1.29 is 9.52 Å². The van der Waals surface area contributed by atoms with Crippen LogP contribution in [0.4, 0.5) is 17.7 Å². The van der Waals surface area contributed by atoms with Gasteiger partial charge in [0.2, 0.25) is 0 Å². The zero-order chi connectivity index (χ0) is 11.4. The molecule has 0 saturated heterocycles. The summed E-state index contributed by atoms with van der Waals surface area (Å²) in [5.74, 6) is 0. The molecule has 0 bridgehead atoms. The highest BCUT2D eigenvalue weighted by atomic mass is 16.4. The highest BCUT2D eigenvalue weighted by molar-refractivity contribution is 5.52. The molecule has 0 aliphatic carbocycles. The van der Waals surface area contributed by atoms with Gasteiger partial charge in [-0.1, -0.05) is 22.3 Å². The van der Waals surface area contributed by atoms with E-state index in [1.165, 1.54) is 0 Å². The van der Waals surface area contributed by atoms with Crippen LogP contribution in [-0.2, 0) is 6.42 Å². The molecule has 1 aromatic carbocycles. The van der Waals surface area contributed by atoms with Crippen LogP contribution in [-0.4, -0.2) is 21.9 Å². The molecule has 0 aliphatic heterocycles. The maximum absolute atomic E-state index is 8.76. The van der Waals surface area contributed by atoms with Crippen LogP contribution < -0.4 is 11.1 Å². The summed E-state index contributed by atoms with van der Waals surface area (Å²) < 4.78 is 4.97. The van der Waals surface area contributed by atoms with E-state index in [2.05, 4.69) is 15.5 Å². The van der Waals surface area contributed by atoms with Crippen molar-refractivity contribution in [3.63, 3.8) is 0 Å². The molecule has 1 heterocycles. The number of nitrogen functional groups attached to an aromatic ring is 1. The van der Waals surface area contributed by atoms with Crippen LogP contribution in [0.5, 0.6) is 0 Å². The minimum absolute atomic E-state index is 0.0272. The van der Waals surface area contributed by atoms with Gasteiger partial charge in [0.1, 0.15) is 0 Å². The van der Waals surface area contributed by atoms with E-state index in [1.54, 1.807) is 0 Å². The molecule has 0 radical (unpaired) electrons. The second-order valence-corrected chi connectivity index (χ2v) is 3.24. The minimum Gasteiger partial charge on any atom is -0.396 e. The quantitative estimate of drug-likeness (QED) is 0.709.